The molecule has 2 aromatic rings. The molecule has 30 heavy (non-hydrogen) atoms. The fraction of sp³-hybridized carbons (Fsp3) is 0.522. The van der Waals surface area contributed by atoms with Gasteiger partial charge in [0, 0.05) is 35.1 Å². The Kier molecular flexibility index (Phi) is 6.20. The van der Waals surface area contributed by atoms with Gasteiger partial charge in [0.15, 0.2) is 0 Å². The molecule has 0 saturated carbocycles. The highest BCUT2D eigenvalue weighted by atomic mass is 32.1. The third kappa shape index (κ3) is 4.57. The van der Waals surface area contributed by atoms with E-state index in [1.807, 2.05) is 25.7 Å². The number of rotatable bonds is 5. The number of benzene rings is 1. The van der Waals surface area contributed by atoms with E-state index >= 15 is 0 Å². The molecule has 0 spiro atoms. The van der Waals surface area contributed by atoms with E-state index in [1.54, 1.807) is 11.3 Å². The van der Waals surface area contributed by atoms with Crippen molar-refractivity contribution in [2.24, 2.45) is 5.92 Å². The maximum atomic E-state index is 13.0. The summed E-state index contributed by atoms with van der Waals surface area (Å²) in [7, 11) is 0. The van der Waals surface area contributed by atoms with E-state index in [9.17, 15) is 9.59 Å². The SMILES string of the molecule is Cc1nc(-c2ccc3c(c2)CCN3C(=O)CN2CCC(C(=O)NC(C)C)CC2)cs1. The molecular weight excluding hydrogens is 396 g/mol. The van der Waals surface area contributed by atoms with Crippen LogP contribution in [0.5, 0.6) is 0 Å². The number of likely N-dealkylation sites (tertiary alicyclic amines) is 1. The highest BCUT2D eigenvalue weighted by Gasteiger charge is 2.29. The third-order valence-corrected chi connectivity index (χ3v) is 6.71. The van der Waals surface area contributed by atoms with Gasteiger partial charge in [0.05, 0.1) is 17.2 Å². The Labute approximate surface area is 182 Å². The van der Waals surface area contributed by atoms with Gasteiger partial charge >= 0.3 is 0 Å². The monoisotopic (exact) mass is 426 g/mol. The summed E-state index contributed by atoms with van der Waals surface area (Å²) in [5.41, 5.74) is 4.38. The summed E-state index contributed by atoms with van der Waals surface area (Å²) < 4.78 is 0. The van der Waals surface area contributed by atoms with Crippen molar-refractivity contribution in [2.45, 2.75) is 46.1 Å². The van der Waals surface area contributed by atoms with Crippen LogP contribution in [0.25, 0.3) is 11.3 Å². The second-order valence-electron chi connectivity index (χ2n) is 8.60. The zero-order valence-electron chi connectivity index (χ0n) is 18.0. The van der Waals surface area contributed by atoms with Crippen molar-refractivity contribution in [1.29, 1.82) is 0 Å². The Morgan fingerprint density at radius 3 is 2.67 bits per heavy atom. The highest BCUT2D eigenvalue weighted by molar-refractivity contribution is 7.09. The summed E-state index contributed by atoms with van der Waals surface area (Å²) in [5.74, 6) is 0.366. The van der Waals surface area contributed by atoms with E-state index in [4.69, 9.17) is 0 Å². The van der Waals surface area contributed by atoms with Crippen LogP contribution in [0, 0.1) is 12.8 Å². The summed E-state index contributed by atoms with van der Waals surface area (Å²) >= 11 is 1.66. The van der Waals surface area contributed by atoms with Gasteiger partial charge in [0.2, 0.25) is 11.8 Å². The first-order valence-corrected chi connectivity index (χ1v) is 11.7. The molecule has 2 aliphatic heterocycles. The lowest BCUT2D eigenvalue weighted by Gasteiger charge is -2.32. The molecule has 4 rings (SSSR count). The van der Waals surface area contributed by atoms with Gasteiger partial charge in [0.1, 0.15) is 0 Å². The predicted octanol–water partition coefficient (Wildman–Crippen LogP) is 3.24. The summed E-state index contributed by atoms with van der Waals surface area (Å²) in [6.45, 7) is 8.74. The summed E-state index contributed by atoms with van der Waals surface area (Å²) in [5, 5.41) is 6.15. The summed E-state index contributed by atoms with van der Waals surface area (Å²) in [6.07, 6.45) is 2.52. The van der Waals surface area contributed by atoms with Crippen LogP contribution >= 0.6 is 11.3 Å². The number of nitrogens with zero attached hydrogens (tertiary/aromatic N) is 3. The third-order valence-electron chi connectivity index (χ3n) is 5.94. The van der Waals surface area contributed by atoms with Crippen LogP contribution < -0.4 is 10.2 Å². The number of carbonyl (C=O) groups excluding carboxylic acids is 2. The van der Waals surface area contributed by atoms with Crippen LogP contribution in [0.3, 0.4) is 0 Å². The fourth-order valence-corrected chi connectivity index (χ4v) is 4.97. The minimum Gasteiger partial charge on any atom is -0.354 e. The Bertz CT molecular complexity index is 931. The molecule has 0 atom stereocenters. The Morgan fingerprint density at radius 1 is 1.23 bits per heavy atom. The minimum atomic E-state index is 0.0686. The van der Waals surface area contributed by atoms with Gasteiger partial charge in [0.25, 0.3) is 0 Å². The molecule has 1 N–H and O–H groups in total. The van der Waals surface area contributed by atoms with Gasteiger partial charge in [-0.25, -0.2) is 4.98 Å². The van der Waals surface area contributed by atoms with Crippen LogP contribution in [0.15, 0.2) is 23.6 Å². The Hall–Kier alpha value is -2.25. The zero-order valence-corrected chi connectivity index (χ0v) is 18.8. The molecule has 0 radical (unpaired) electrons. The first-order valence-electron chi connectivity index (χ1n) is 10.8. The number of carbonyl (C=O) groups is 2. The number of amides is 2. The first kappa shape index (κ1) is 21.0. The van der Waals surface area contributed by atoms with Gasteiger partial charge in [-0.1, -0.05) is 6.07 Å². The molecule has 1 aromatic carbocycles. The van der Waals surface area contributed by atoms with Gasteiger partial charge in [-0.05, 0) is 70.8 Å². The number of fused-ring (bicyclic) bond motifs is 1. The van der Waals surface area contributed by atoms with E-state index in [0.717, 1.165) is 60.8 Å². The Balaban J connectivity index is 1.34. The van der Waals surface area contributed by atoms with E-state index in [-0.39, 0.29) is 23.8 Å². The minimum absolute atomic E-state index is 0.0686. The molecule has 2 amide bonds. The zero-order chi connectivity index (χ0) is 21.3. The number of aromatic nitrogens is 1. The summed E-state index contributed by atoms with van der Waals surface area (Å²) in [6, 6.07) is 6.48. The standard InChI is InChI=1S/C23H30N4O2S/c1-15(2)24-23(29)17-6-9-26(10-7-17)13-22(28)27-11-8-19-12-18(4-5-21(19)27)20-14-30-16(3)25-20/h4-5,12,14-15,17H,6-11,13H2,1-3H3,(H,24,29). The maximum Gasteiger partial charge on any atom is 0.241 e. The molecule has 1 fully saturated rings. The van der Waals surface area contributed by atoms with Crippen molar-refractivity contribution >= 4 is 28.8 Å². The molecule has 6 nitrogen and oxygen atoms in total. The number of hydrogen-bond donors (Lipinski definition) is 1. The van der Waals surface area contributed by atoms with E-state index in [2.05, 4.69) is 38.8 Å². The van der Waals surface area contributed by atoms with Crippen LogP contribution in [-0.4, -0.2) is 53.9 Å². The lowest BCUT2D eigenvalue weighted by molar-refractivity contribution is -0.127. The first-order chi connectivity index (χ1) is 14.4. The van der Waals surface area contributed by atoms with Crippen molar-refractivity contribution in [3.8, 4) is 11.3 Å². The molecule has 0 bridgehead atoms. The largest absolute Gasteiger partial charge is 0.354 e. The molecule has 3 heterocycles. The van der Waals surface area contributed by atoms with Gasteiger partial charge in [-0.2, -0.15) is 0 Å². The predicted molar refractivity (Wildman–Crippen MR) is 121 cm³/mol. The molecule has 1 saturated heterocycles. The lowest BCUT2D eigenvalue weighted by Crippen LogP contribution is -2.46. The second kappa shape index (κ2) is 8.86. The fourth-order valence-electron chi connectivity index (χ4n) is 4.35. The quantitative estimate of drug-likeness (QED) is 0.797. The average Bonchev–Trinajstić information content (AvgIpc) is 3.33. The number of aryl methyl sites for hydroxylation is 1. The number of anilines is 1. The van der Waals surface area contributed by atoms with Gasteiger partial charge in [-0.15, -0.1) is 11.3 Å². The van der Waals surface area contributed by atoms with E-state index < -0.39 is 0 Å². The topological polar surface area (TPSA) is 65.5 Å². The smallest absolute Gasteiger partial charge is 0.241 e. The molecule has 1 aromatic heterocycles. The van der Waals surface area contributed by atoms with Gasteiger partial charge < -0.3 is 10.2 Å². The van der Waals surface area contributed by atoms with Crippen molar-refractivity contribution in [2.75, 3.05) is 31.1 Å². The highest BCUT2D eigenvalue weighted by Crippen LogP contribution is 2.33. The van der Waals surface area contributed by atoms with Crippen LogP contribution in [0.4, 0.5) is 5.69 Å². The number of thiazole rings is 1. The van der Waals surface area contributed by atoms with Crippen molar-refractivity contribution < 1.29 is 9.59 Å². The molecule has 2 aliphatic rings. The second-order valence-corrected chi connectivity index (χ2v) is 9.67. The van der Waals surface area contributed by atoms with Crippen molar-refractivity contribution in [3.05, 3.63) is 34.2 Å². The summed E-state index contributed by atoms with van der Waals surface area (Å²) in [4.78, 5) is 33.9. The van der Waals surface area contributed by atoms with E-state index in [0.29, 0.717) is 6.54 Å². The van der Waals surface area contributed by atoms with Crippen LogP contribution in [0.1, 0.15) is 37.3 Å². The number of hydrogen-bond acceptors (Lipinski definition) is 5. The molecule has 160 valence electrons. The van der Waals surface area contributed by atoms with Crippen LogP contribution in [0.2, 0.25) is 0 Å². The van der Waals surface area contributed by atoms with Crippen molar-refractivity contribution in [1.82, 2.24) is 15.2 Å². The normalized spacial score (nSPS) is 17.4. The van der Waals surface area contributed by atoms with E-state index in [1.165, 1.54) is 5.56 Å². The molecule has 0 unspecified atom stereocenters. The maximum absolute atomic E-state index is 13.0. The molecular formula is C23H30N4O2S. The number of nitrogens with one attached hydrogen (secondary N) is 1. The lowest BCUT2D eigenvalue weighted by atomic mass is 9.95. The van der Waals surface area contributed by atoms with Crippen molar-refractivity contribution in [3.63, 3.8) is 0 Å². The molecule has 0 aliphatic carbocycles. The van der Waals surface area contributed by atoms with Gasteiger partial charge in [-0.3, -0.25) is 14.5 Å². The van der Waals surface area contributed by atoms with Crippen LogP contribution in [-0.2, 0) is 16.0 Å². The average molecular weight is 427 g/mol. The number of piperidine rings is 1. The Morgan fingerprint density at radius 2 is 2.00 bits per heavy atom. The molecule has 7 heteroatoms.